The van der Waals surface area contributed by atoms with Gasteiger partial charge >= 0.3 is 5.97 Å². The second kappa shape index (κ2) is 5.71. The maximum atomic E-state index is 11.1. The highest BCUT2D eigenvalue weighted by Crippen LogP contribution is 2.22. The smallest absolute Gasteiger partial charge is 0.337 e. The maximum absolute atomic E-state index is 11.1. The first-order valence-electron chi connectivity index (χ1n) is 6.39. The quantitative estimate of drug-likeness (QED) is 0.799. The largest absolute Gasteiger partial charge is 0.478 e. The lowest BCUT2D eigenvalue weighted by Crippen LogP contribution is -2.17. The minimum absolute atomic E-state index is 0.354. The number of benzene rings is 1. The summed E-state index contributed by atoms with van der Waals surface area (Å²) in [6, 6.07) is 5.40. The van der Waals surface area contributed by atoms with Gasteiger partial charge in [0, 0.05) is 12.2 Å². The predicted molar refractivity (Wildman–Crippen MR) is 73.1 cm³/mol. The van der Waals surface area contributed by atoms with Gasteiger partial charge in [-0.1, -0.05) is 18.2 Å². The summed E-state index contributed by atoms with van der Waals surface area (Å²) < 4.78 is 0. The fraction of sp³-hybridized carbons (Fsp3) is 0.400. The zero-order chi connectivity index (χ0) is 13.0. The van der Waals surface area contributed by atoms with E-state index in [1.165, 1.54) is 6.42 Å². The molecule has 2 rings (SSSR count). The summed E-state index contributed by atoms with van der Waals surface area (Å²) in [5.41, 5.74) is 2.16. The van der Waals surface area contributed by atoms with Crippen LogP contribution in [0.2, 0.25) is 0 Å². The number of hydrogen-bond donors (Lipinski definition) is 2. The van der Waals surface area contributed by atoms with E-state index in [0.717, 1.165) is 30.6 Å². The third kappa shape index (κ3) is 3.13. The number of carbonyl (C=O) groups is 1. The standard InChI is InChI=1S/C15H19NO2/c1-11-7-8-13(15(17)18)14(9-11)16-10-12-5-3-2-4-6-12/h2-3,7-9,12,16H,4-6,10H2,1H3,(H,17,18). The Labute approximate surface area is 108 Å². The topological polar surface area (TPSA) is 49.3 Å². The number of nitrogens with one attached hydrogen (secondary N) is 1. The van der Waals surface area contributed by atoms with Crippen molar-refractivity contribution in [3.8, 4) is 0 Å². The van der Waals surface area contributed by atoms with Crippen LogP contribution >= 0.6 is 0 Å². The highest BCUT2D eigenvalue weighted by Gasteiger charge is 2.13. The van der Waals surface area contributed by atoms with Crippen molar-refractivity contribution in [2.24, 2.45) is 5.92 Å². The zero-order valence-electron chi connectivity index (χ0n) is 10.6. The molecule has 0 bridgehead atoms. The van der Waals surface area contributed by atoms with E-state index >= 15 is 0 Å². The summed E-state index contributed by atoms with van der Waals surface area (Å²) in [6.45, 7) is 2.81. The van der Waals surface area contributed by atoms with Crippen LogP contribution in [0.25, 0.3) is 0 Å². The number of rotatable bonds is 4. The lowest BCUT2D eigenvalue weighted by Gasteiger charge is -2.19. The summed E-state index contributed by atoms with van der Waals surface area (Å²) in [6.07, 6.45) is 7.82. The van der Waals surface area contributed by atoms with Gasteiger partial charge in [0.15, 0.2) is 0 Å². The highest BCUT2D eigenvalue weighted by atomic mass is 16.4. The van der Waals surface area contributed by atoms with Gasteiger partial charge in [-0.05, 0) is 49.8 Å². The van der Waals surface area contributed by atoms with Crippen molar-refractivity contribution in [3.63, 3.8) is 0 Å². The number of aryl methyl sites for hydroxylation is 1. The molecular weight excluding hydrogens is 226 g/mol. The van der Waals surface area contributed by atoms with Crippen molar-refractivity contribution in [1.29, 1.82) is 0 Å². The Kier molecular flexibility index (Phi) is 4.03. The number of carboxylic acids is 1. The molecule has 1 aliphatic carbocycles. The van der Waals surface area contributed by atoms with Crippen LogP contribution < -0.4 is 5.32 Å². The van der Waals surface area contributed by atoms with Crippen LogP contribution in [-0.4, -0.2) is 17.6 Å². The van der Waals surface area contributed by atoms with Crippen LogP contribution in [0.4, 0.5) is 5.69 Å². The van der Waals surface area contributed by atoms with E-state index in [0.29, 0.717) is 11.5 Å². The fourth-order valence-corrected chi connectivity index (χ4v) is 2.29. The summed E-state index contributed by atoms with van der Waals surface area (Å²) in [5.74, 6) is -0.266. The van der Waals surface area contributed by atoms with E-state index in [1.54, 1.807) is 6.07 Å². The molecule has 1 unspecified atom stereocenters. The van der Waals surface area contributed by atoms with Gasteiger partial charge in [0.1, 0.15) is 0 Å². The molecule has 0 amide bonds. The van der Waals surface area contributed by atoms with E-state index in [9.17, 15) is 4.79 Å². The van der Waals surface area contributed by atoms with E-state index in [4.69, 9.17) is 5.11 Å². The average molecular weight is 245 g/mol. The molecule has 96 valence electrons. The summed E-state index contributed by atoms with van der Waals surface area (Å²) in [4.78, 5) is 11.1. The molecule has 3 heteroatoms. The minimum Gasteiger partial charge on any atom is -0.478 e. The van der Waals surface area contributed by atoms with Crippen LogP contribution in [0, 0.1) is 12.8 Å². The Balaban J connectivity index is 2.05. The number of carboxylic acid groups (broad SMARTS) is 1. The third-order valence-electron chi connectivity index (χ3n) is 3.36. The molecule has 2 N–H and O–H groups in total. The molecule has 0 radical (unpaired) electrons. The monoisotopic (exact) mass is 245 g/mol. The molecule has 1 aromatic rings. The Morgan fingerprint density at radius 1 is 1.44 bits per heavy atom. The second-order valence-electron chi connectivity index (χ2n) is 4.89. The normalized spacial score (nSPS) is 18.6. The van der Waals surface area contributed by atoms with Crippen LogP contribution in [-0.2, 0) is 0 Å². The molecule has 0 aliphatic heterocycles. The van der Waals surface area contributed by atoms with E-state index < -0.39 is 5.97 Å². The van der Waals surface area contributed by atoms with E-state index in [2.05, 4.69) is 17.5 Å². The van der Waals surface area contributed by atoms with E-state index in [-0.39, 0.29) is 0 Å². The van der Waals surface area contributed by atoms with Crippen molar-refractivity contribution in [3.05, 3.63) is 41.5 Å². The molecule has 0 fully saturated rings. The first-order valence-corrected chi connectivity index (χ1v) is 6.39. The first kappa shape index (κ1) is 12.7. The van der Waals surface area contributed by atoms with Gasteiger partial charge in [-0.3, -0.25) is 0 Å². The van der Waals surface area contributed by atoms with Crippen LogP contribution in [0.3, 0.4) is 0 Å². The van der Waals surface area contributed by atoms with Crippen molar-refractivity contribution < 1.29 is 9.90 Å². The van der Waals surface area contributed by atoms with E-state index in [1.807, 2.05) is 19.1 Å². The molecular formula is C15H19NO2. The van der Waals surface area contributed by atoms with Crippen LogP contribution in [0.5, 0.6) is 0 Å². The Bertz CT molecular complexity index is 466. The van der Waals surface area contributed by atoms with Gasteiger partial charge < -0.3 is 10.4 Å². The second-order valence-corrected chi connectivity index (χ2v) is 4.89. The minimum atomic E-state index is -0.874. The third-order valence-corrected chi connectivity index (χ3v) is 3.36. The Hall–Kier alpha value is -1.77. The Morgan fingerprint density at radius 3 is 2.94 bits per heavy atom. The average Bonchev–Trinajstić information content (AvgIpc) is 2.37. The number of hydrogen-bond acceptors (Lipinski definition) is 2. The molecule has 3 nitrogen and oxygen atoms in total. The molecule has 0 spiro atoms. The Morgan fingerprint density at radius 2 is 2.28 bits per heavy atom. The summed E-state index contributed by atoms with van der Waals surface area (Å²) in [5, 5.41) is 12.4. The molecule has 0 heterocycles. The van der Waals surface area contributed by atoms with Gasteiger partial charge in [0.05, 0.1) is 5.56 Å². The van der Waals surface area contributed by atoms with Crippen molar-refractivity contribution >= 4 is 11.7 Å². The predicted octanol–water partition coefficient (Wildman–Crippen LogP) is 3.46. The maximum Gasteiger partial charge on any atom is 0.337 e. The summed E-state index contributed by atoms with van der Waals surface area (Å²) >= 11 is 0. The molecule has 0 saturated carbocycles. The van der Waals surface area contributed by atoms with Crippen LogP contribution in [0.1, 0.15) is 35.2 Å². The van der Waals surface area contributed by atoms with Crippen molar-refractivity contribution in [2.45, 2.75) is 26.2 Å². The van der Waals surface area contributed by atoms with Gasteiger partial charge in [0.25, 0.3) is 0 Å². The van der Waals surface area contributed by atoms with Gasteiger partial charge in [-0.25, -0.2) is 4.79 Å². The lowest BCUT2D eigenvalue weighted by molar-refractivity contribution is 0.0698. The van der Waals surface area contributed by atoms with Gasteiger partial charge in [0.2, 0.25) is 0 Å². The van der Waals surface area contributed by atoms with Crippen LogP contribution in [0.15, 0.2) is 30.4 Å². The highest BCUT2D eigenvalue weighted by molar-refractivity contribution is 5.94. The van der Waals surface area contributed by atoms with Crippen molar-refractivity contribution in [2.75, 3.05) is 11.9 Å². The lowest BCUT2D eigenvalue weighted by atomic mass is 9.94. The number of allylic oxidation sites excluding steroid dienone is 2. The molecule has 1 aliphatic rings. The fourth-order valence-electron chi connectivity index (χ4n) is 2.29. The summed E-state index contributed by atoms with van der Waals surface area (Å²) in [7, 11) is 0. The number of aromatic carboxylic acids is 1. The number of anilines is 1. The van der Waals surface area contributed by atoms with Gasteiger partial charge in [-0.2, -0.15) is 0 Å². The molecule has 1 atom stereocenters. The van der Waals surface area contributed by atoms with Gasteiger partial charge in [-0.15, -0.1) is 0 Å². The first-order chi connectivity index (χ1) is 8.66. The molecule has 18 heavy (non-hydrogen) atoms. The van der Waals surface area contributed by atoms with Crippen molar-refractivity contribution in [1.82, 2.24) is 0 Å². The zero-order valence-corrected chi connectivity index (χ0v) is 10.6. The molecule has 0 saturated heterocycles. The molecule has 1 aromatic carbocycles. The molecule has 0 aromatic heterocycles. The SMILES string of the molecule is Cc1ccc(C(=O)O)c(NCC2CC=CCC2)c1.